The van der Waals surface area contributed by atoms with Crippen molar-refractivity contribution in [2.75, 3.05) is 0 Å². The van der Waals surface area contributed by atoms with Crippen molar-refractivity contribution in [3.8, 4) is 0 Å². The van der Waals surface area contributed by atoms with Crippen LogP contribution >= 0.6 is 0 Å². The Morgan fingerprint density at radius 1 is 1.40 bits per heavy atom. The number of hydrogen-bond acceptors (Lipinski definition) is 1. The first-order valence-electron chi connectivity index (χ1n) is 4.00. The maximum absolute atomic E-state index is 11.0. The first-order valence-corrected chi connectivity index (χ1v) is 4.00. The van der Waals surface area contributed by atoms with Crippen LogP contribution in [0.2, 0.25) is 0 Å². The molecule has 59 valence electrons. The molecule has 0 spiro atoms. The molecule has 0 aliphatic heterocycles. The first kappa shape index (κ1) is 9.67. The van der Waals surface area contributed by atoms with Crippen molar-refractivity contribution in [2.24, 2.45) is 5.92 Å². The van der Waals surface area contributed by atoms with Gasteiger partial charge in [0.2, 0.25) is 0 Å². The highest BCUT2D eigenvalue weighted by Gasteiger charge is 2.04. The Kier molecular flexibility index (Phi) is 5.27. The van der Waals surface area contributed by atoms with Gasteiger partial charge in [-0.3, -0.25) is 4.79 Å². The van der Waals surface area contributed by atoms with E-state index in [2.05, 4.69) is 6.92 Å². The van der Waals surface area contributed by atoms with Crippen LogP contribution < -0.4 is 0 Å². The van der Waals surface area contributed by atoms with Gasteiger partial charge in [-0.1, -0.05) is 33.6 Å². The Morgan fingerprint density at radius 3 is 2.40 bits per heavy atom. The number of rotatable bonds is 5. The normalized spacial score (nSPS) is 10.4. The van der Waals surface area contributed by atoms with Crippen LogP contribution in [0.1, 0.15) is 39.5 Å². The van der Waals surface area contributed by atoms with Crippen molar-refractivity contribution < 1.29 is 4.79 Å². The van der Waals surface area contributed by atoms with E-state index < -0.39 is 0 Å². The van der Waals surface area contributed by atoms with Crippen LogP contribution in [0.3, 0.4) is 0 Å². The highest BCUT2D eigenvalue weighted by Crippen LogP contribution is 2.04. The molecule has 0 aromatic rings. The molecule has 0 fully saturated rings. The fourth-order valence-electron chi connectivity index (χ4n) is 0.765. The van der Waals surface area contributed by atoms with E-state index in [1.165, 1.54) is 0 Å². The van der Waals surface area contributed by atoms with E-state index in [0.717, 1.165) is 25.7 Å². The van der Waals surface area contributed by atoms with Crippen molar-refractivity contribution in [3.63, 3.8) is 0 Å². The van der Waals surface area contributed by atoms with Crippen molar-refractivity contribution in [1.82, 2.24) is 0 Å². The highest BCUT2D eigenvalue weighted by atomic mass is 16.1. The monoisotopic (exact) mass is 141 g/mol. The van der Waals surface area contributed by atoms with Gasteiger partial charge in [0.05, 0.1) is 0 Å². The molecule has 0 aliphatic rings. The zero-order valence-electron chi connectivity index (χ0n) is 7.02. The van der Waals surface area contributed by atoms with Crippen molar-refractivity contribution >= 4 is 5.78 Å². The minimum Gasteiger partial charge on any atom is -0.299 e. The summed E-state index contributed by atoms with van der Waals surface area (Å²) in [6.45, 7) is 7.62. The van der Waals surface area contributed by atoms with Crippen LogP contribution in [0.4, 0.5) is 0 Å². The Labute approximate surface area is 63.8 Å². The molecular formula is C9H17O. The predicted octanol–water partition coefficient (Wildman–Crippen LogP) is 2.61. The molecule has 0 unspecified atom stereocenters. The van der Waals surface area contributed by atoms with Crippen LogP contribution in [0, 0.1) is 12.8 Å². The minimum atomic E-state index is 0.213. The third-order valence-electron chi connectivity index (χ3n) is 1.57. The third kappa shape index (κ3) is 4.54. The zero-order valence-corrected chi connectivity index (χ0v) is 7.02. The maximum atomic E-state index is 11.0. The second-order valence-corrected chi connectivity index (χ2v) is 2.93. The molecule has 0 saturated carbocycles. The molecule has 0 heterocycles. The summed E-state index contributed by atoms with van der Waals surface area (Å²) in [6.07, 6.45) is 3.79. The lowest BCUT2D eigenvalue weighted by Crippen LogP contribution is -2.05. The van der Waals surface area contributed by atoms with Crippen molar-refractivity contribution in [1.29, 1.82) is 0 Å². The van der Waals surface area contributed by atoms with Gasteiger partial charge < -0.3 is 0 Å². The molecule has 1 heteroatoms. The fourth-order valence-corrected chi connectivity index (χ4v) is 0.765. The largest absolute Gasteiger partial charge is 0.299 e. The summed E-state index contributed by atoms with van der Waals surface area (Å²) in [4.78, 5) is 11.0. The maximum Gasteiger partial charge on any atom is 0.135 e. The van der Waals surface area contributed by atoms with E-state index in [-0.39, 0.29) is 5.92 Å². The molecule has 10 heavy (non-hydrogen) atoms. The van der Waals surface area contributed by atoms with Gasteiger partial charge in [-0.25, -0.2) is 0 Å². The second kappa shape index (κ2) is 5.45. The van der Waals surface area contributed by atoms with Crippen LogP contribution in [0.15, 0.2) is 0 Å². The summed E-state index contributed by atoms with van der Waals surface area (Å²) in [7, 11) is 0. The Bertz CT molecular complexity index is 94.9. The van der Waals surface area contributed by atoms with Crippen LogP contribution in [-0.4, -0.2) is 5.78 Å². The Balaban J connectivity index is 3.22. The zero-order chi connectivity index (χ0) is 7.98. The van der Waals surface area contributed by atoms with E-state index >= 15 is 0 Å². The van der Waals surface area contributed by atoms with Crippen LogP contribution in [-0.2, 0) is 4.79 Å². The fraction of sp³-hybridized carbons (Fsp3) is 0.778. The molecular weight excluding hydrogens is 124 g/mol. The Morgan fingerprint density at radius 2 is 2.00 bits per heavy atom. The van der Waals surface area contributed by atoms with E-state index in [9.17, 15) is 4.79 Å². The van der Waals surface area contributed by atoms with Gasteiger partial charge in [0.1, 0.15) is 5.78 Å². The van der Waals surface area contributed by atoms with Crippen molar-refractivity contribution in [2.45, 2.75) is 39.5 Å². The number of unbranched alkanes of at least 4 members (excludes halogenated alkanes) is 2. The summed E-state index contributed by atoms with van der Waals surface area (Å²) in [5.74, 6) is 0.596. The highest BCUT2D eigenvalue weighted by molar-refractivity contribution is 5.80. The summed E-state index contributed by atoms with van der Waals surface area (Å²) in [5.41, 5.74) is 0. The van der Waals surface area contributed by atoms with E-state index in [1.807, 2.05) is 13.8 Å². The third-order valence-corrected chi connectivity index (χ3v) is 1.57. The van der Waals surface area contributed by atoms with Gasteiger partial charge in [0, 0.05) is 12.3 Å². The number of hydrogen-bond donors (Lipinski definition) is 0. The summed E-state index contributed by atoms with van der Waals surface area (Å²) < 4.78 is 0. The topological polar surface area (TPSA) is 17.1 Å². The number of carbonyl (C=O) groups is 1. The predicted molar refractivity (Wildman–Crippen MR) is 43.7 cm³/mol. The number of carbonyl (C=O) groups excluding carboxylic acids is 1. The molecule has 1 radical (unpaired) electrons. The molecule has 0 atom stereocenters. The summed E-state index contributed by atoms with van der Waals surface area (Å²) in [6, 6.07) is 0. The lowest BCUT2D eigenvalue weighted by atomic mass is 10.0. The summed E-state index contributed by atoms with van der Waals surface area (Å²) >= 11 is 0. The van der Waals surface area contributed by atoms with Gasteiger partial charge in [0.25, 0.3) is 0 Å². The molecule has 0 bridgehead atoms. The Hall–Kier alpha value is -0.330. The average molecular weight is 141 g/mol. The number of Topliss-reactive ketones (excluding diaryl/α,β-unsaturated/α-hetero) is 1. The average Bonchev–Trinajstić information content (AvgIpc) is 1.88. The molecule has 0 rings (SSSR count). The lowest BCUT2D eigenvalue weighted by Gasteiger charge is -2.01. The molecule has 0 N–H and O–H groups in total. The van der Waals surface area contributed by atoms with E-state index in [0.29, 0.717) is 5.78 Å². The lowest BCUT2D eigenvalue weighted by molar-refractivity contribution is -0.122. The van der Waals surface area contributed by atoms with Gasteiger partial charge in [-0.05, 0) is 6.42 Å². The van der Waals surface area contributed by atoms with Crippen molar-refractivity contribution in [3.05, 3.63) is 6.92 Å². The molecule has 0 aromatic heterocycles. The summed E-state index contributed by atoms with van der Waals surface area (Å²) in [5, 5.41) is 0. The number of ketones is 1. The quantitative estimate of drug-likeness (QED) is 0.538. The van der Waals surface area contributed by atoms with Crippen LogP contribution in [0.25, 0.3) is 0 Å². The molecule has 0 amide bonds. The van der Waals surface area contributed by atoms with Gasteiger partial charge >= 0.3 is 0 Å². The first-order chi connectivity index (χ1) is 4.68. The second-order valence-electron chi connectivity index (χ2n) is 2.93. The smallest absolute Gasteiger partial charge is 0.135 e. The van der Waals surface area contributed by atoms with Crippen LogP contribution in [0.5, 0.6) is 0 Å². The SMILES string of the molecule is [CH2]CCCCC(=O)C(C)C. The molecule has 1 nitrogen and oxygen atoms in total. The van der Waals surface area contributed by atoms with Gasteiger partial charge in [-0.15, -0.1) is 0 Å². The van der Waals surface area contributed by atoms with E-state index in [4.69, 9.17) is 0 Å². The van der Waals surface area contributed by atoms with Gasteiger partial charge in [-0.2, -0.15) is 0 Å². The molecule has 0 aromatic carbocycles. The molecule has 0 saturated heterocycles. The minimum absolute atomic E-state index is 0.213. The standard InChI is InChI=1S/C9H17O/c1-4-5-6-7-9(10)8(2)3/h8H,1,4-7H2,2-3H3. The van der Waals surface area contributed by atoms with Gasteiger partial charge in [0.15, 0.2) is 0 Å². The molecule has 0 aliphatic carbocycles. The van der Waals surface area contributed by atoms with E-state index in [1.54, 1.807) is 0 Å².